The summed E-state index contributed by atoms with van der Waals surface area (Å²) in [6.45, 7) is 4.62. The maximum Gasteiger partial charge on any atom is 0.246 e. The molecular weight excluding hydrogens is 358 g/mol. The molecule has 0 N–H and O–H groups in total. The van der Waals surface area contributed by atoms with Gasteiger partial charge in [-0.2, -0.15) is 9.40 Å². The molecule has 2 heterocycles. The number of aromatic nitrogens is 2. The average Bonchev–Trinajstić information content (AvgIpc) is 2.74. The normalized spacial score (nSPS) is 19.8. The van der Waals surface area contributed by atoms with Crippen molar-refractivity contribution in [3.8, 4) is 0 Å². The van der Waals surface area contributed by atoms with Crippen molar-refractivity contribution in [1.29, 1.82) is 0 Å². The molecule has 0 aliphatic carbocycles. The van der Waals surface area contributed by atoms with Crippen molar-refractivity contribution >= 4 is 21.6 Å². The molecule has 136 valence electrons. The molecule has 3 rings (SSSR count). The molecule has 1 aliphatic rings. The quantitative estimate of drug-likeness (QED) is 0.815. The summed E-state index contributed by atoms with van der Waals surface area (Å²) in [5, 5.41) is 4.98. The maximum absolute atomic E-state index is 13.3. The van der Waals surface area contributed by atoms with Crippen molar-refractivity contribution in [2.24, 2.45) is 7.05 Å². The fraction of sp³-hybridized carbons (Fsp3) is 0.500. The Kier molecular flexibility index (Phi) is 5.23. The summed E-state index contributed by atoms with van der Waals surface area (Å²) >= 11 is 5.99. The first-order valence-corrected chi connectivity index (χ1v) is 10.4. The molecule has 1 aliphatic heterocycles. The van der Waals surface area contributed by atoms with Gasteiger partial charge in [0.2, 0.25) is 10.0 Å². The minimum Gasteiger partial charge on any atom is -0.271 e. The first kappa shape index (κ1) is 18.4. The fourth-order valence-electron chi connectivity index (χ4n) is 3.59. The lowest BCUT2D eigenvalue weighted by Gasteiger charge is -2.24. The lowest BCUT2D eigenvalue weighted by atomic mass is 9.95. The average molecular weight is 382 g/mol. The lowest BCUT2D eigenvalue weighted by Crippen LogP contribution is -2.34. The highest BCUT2D eigenvalue weighted by Crippen LogP contribution is 2.31. The van der Waals surface area contributed by atoms with Gasteiger partial charge in [0.1, 0.15) is 4.90 Å². The highest BCUT2D eigenvalue weighted by atomic mass is 35.5. The van der Waals surface area contributed by atoms with Gasteiger partial charge in [0, 0.05) is 25.2 Å². The number of sulfonamides is 1. The minimum absolute atomic E-state index is 0.187. The van der Waals surface area contributed by atoms with Crippen LogP contribution in [0.4, 0.5) is 0 Å². The second-order valence-corrected chi connectivity index (χ2v) is 9.04. The van der Waals surface area contributed by atoms with Gasteiger partial charge >= 0.3 is 0 Å². The number of nitrogens with zero attached hydrogens (tertiary/aromatic N) is 3. The van der Waals surface area contributed by atoms with Crippen LogP contribution in [0, 0.1) is 13.8 Å². The SMILES string of the molecule is Cc1nn(C)c(C)c1S(=O)(=O)N1CCCCC(c2ccc(Cl)cc2)C1. The van der Waals surface area contributed by atoms with E-state index in [1.807, 2.05) is 24.3 Å². The van der Waals surface area contributed by atoms with E-state index >= 15 is 0 Å². The Morgan fingerprint density at radius 3 is 2.44 bits per heavy atom. The Labute approximate surface area is 154 Å². The van der Waals surface area contributed by atoms with Crippen molar-refractivity contribution in [2.75, 3.05) is 13.1 Å². The van der Waals surface area contributed by atoms with Crippen LogP contribution >= 0.6 is 11.6 Å². The molecule has 2 aromatic rings. The van der Waals surface area contributed by atoms with E-state index < -0.39 is 10.0 Å². The third-order valence-corrected chi connectivity index (χ3v) is 7.39. The van der Waals surface area contributed by atoms with E-state index in [9.17, 15) is 8.42 Å². The molecule has 1 aromatic carbocycles. The molecule has 0 bridgehead atoms. The zero-order chi connectivity index (χ0) is 18.2. The van der Waals surface area contributed by atoms with E-state index in [0.29, 0.717) is 34.4 Å². The number of hydrogen-bond acceptors (Lipinski definition) is 3. The zero-order valence-electron chi connectivity index (χ0n) is 14.9. The van der Waals surface area contributed by atoms with Crippen LogP contribution in [0.25, 0.3) is 0 Å². The molecule has 5 nitrogen and oxygen atoms in total. The molecule has 0 radical (unpaired) electrons. The molecule has 0 saturated carbocycles. The molecule has 25 heavy (non-hydrogen) atoms. The Morgan fingerprint density at radius 1 is 1.16 bits per heavy atom. The van der Waals surface area contributed by atoms with Crippen molar-refractivity contribution in [2.45, 2.75) is 43.9 Å². The van der Waals surface area contributed by atoms with Gasteiger partial charge in [0.15, 0.2) is 0 Å². The Morgan fingerprint density at radius 2 is 1.84 bits per heavy atom. The highest BCUT2D eigenvalue weighted by Gasteiger charge is 2.33. The van der Waals surface area contributed by atoms with E-state index in [0.717, 1.165) is 24.8 Å². The number of aryl methyl sites for hydroxylation is 2. The van der Waals surface area contributed by atoms with Crippen LogP contribution in [0.5, 0.6) is 0 Å². The van der Waals surface area contributed by atoms with Gasteiger partial charge in [-0.25, -0.2) is 8.42 Å². The smallest absolute Gasteiger partial charge is 0.246 e. The molecule has 7 heteroatoms. The Hall–Kier alpha value is -1.37. The topological polar surface area (TPSA) is 55.2 Å². The van der Waals surface area contributed by atoms with Gasteiger partial charge < -0.3 is 0 Å². The predicted molar refractivity (Wildman–Crippen MR) is 99.5 cm³/mol. The largest absolute Gasteiger partial charge is 0.271 e. The molecule has 1 aromatic heterocycles. The Bertz CT molecular complexity index is 859. The van der Waals surface area contributed by atoms with E-state index in [-0.39, 0.29) is 5.92 Å². The zero-order valence-corrected chi connectivity index (χ0v) is 16.4. The summed E-state index contributed by atoms with van der Waals surface area (Å²) in [6.07, 6.45) is 2.88. The molecule has 1 atom stereocenters. The van der Waals surface area contributed by atoms with Crippen LogP contribution < -0.4 is 0 Å². The number of benzene rings is 1. The van der Waals surface area contributed by atoms with Gasteiger partial charge in [-0.05, 0) is 50.3 Å². The van der Waals surface area contributed by atoms with E-state index in [4.69, 9.17) is 11.6 Å². The monoisotopic (exact) mass is 381 g/mol. The second kappa shape index (κ2) is 7.09. The fourth-order valence-corrected chi connectivity index (χ4v) is 5.64. The number of hydrogen-bond donors (Lipinski definition) is 0. The summed E-state index contributed by atoms with van der Waals surface area (Å²) < 4.78 is 29.8. The van der Waals surface area contributed by atoms with E-state index in [2.05, 4.69) is 5.10 Å². The van der Waals surface area contributed by atoms with Crippen LogP contribution in [0.1, 0.15) is 42.1 Å². The Balaban J connectivity index is 1.93. The van der Waals surface area contributed by atoms with Gasteiger partial charge in [0.25, 0.3) is 0 Å². The maximum atomic E-state index is 13.3. The minimum atomic E-state index is -3.55. The number of rotatable bonds is 3. The van der Waals surface area contributed by atoms with Gasteiger partial charge in [-0.15, -0.1) is 0 Å². The van der Waals surface area contributed by atoms with Crippen molar-refractivity contribution < 1.29 is 8.42 Å². The summed E-state index contributed by atoms with van der Waals surface area (Å²) in [4.78, 5) is 0.353. The molecule has 1 saturated heterocycles. The van der Waals surface area contributed by atoms with Crippen molar-refractivity contribution in [3.63, 3.8) is 0 Å². The molecule has 0 amide bonds. The second-order valence-electron chi connectivity index (χ2n) is 6.73. The first-order valence-electron chi connectivity index (χ1n) is 8.56. The van der Waals surface area contributed by atoms with Crippen LogP contribution in [0.3, 0.4) is 0 Å². The first-order chi connectivity index (χ1) is 11.8. The van der Waals surface area contributed by atoms with Gasteiger partial charge in [0.05, 0.1) is 11.4 Å². The highest BCUT2D eigenvalue weighted by molar-refractivity contribution is 7.89. The van der Waals surface area contributed by atoms with Gasteiger partial charge in [-0.3, -0.25) is 4.68 Å². The van der Waals surface area contributed by atoms with Crippen molar-refractivity contribution in [3.05, 3.63) is 46.2 Å². The summed E-state index contributed by atoms with van der Waals surface area (Å²) in [5.41, 5.74) is 2.39. The predicted octanol–water partition coefficient (Wildman–Crippen LogP) is 3.65. The third kappa shape index (κ3) is 3.61. The number of halogens is 1. The van der Waals surface area contributed by atoms with Crippen molar-refractivity contribution in [1.82, 2.24) is 14.1 Å². The van der Waals surface area contributed by atoms with Crippen LogP contribution in [-0.4, -0.2) is 35.6 Å². The van der Waals surface area contributed by atoms with Crippen LogP contribution in [-0.2, 0) is 17.1 Å². The van der Waals surface area contributed by atoms with E-state index in [1.165, 1.54) is 0 Å². The molecule has 1 fully saturated rings. The van der Waals surface area contributed by atoms with E-state index in [1.54, 1.807) is 29.9 Å². The lowest BCUT2D eigenvalue weighted by molar-refractivity contribution is 0.405. The molecule has 0 spiro atoms. The summed E-state index contributed by atoms with van der Waals surface area (Å²) in [6, 6.07) is 7.75. The molecular formula is C18H24ClN3O2S. The molecule has 1 unspecified atom stereocenters. The summed E-state index contributed by atoms with van der Waals surface area (Å²) in [7, 11) is -1.77. The third-order valence-electron chi connectivity index (χ3n) is 5.02. The van der Waals surface area contributed by atoms with Gasteiger partial charge in [-0.1, -0.05) is 30.2 Å². The summed E-state index contributed by atoms with van der Waals surface area (Å²) in [5.74, 6) is 0.187. The van der Waals surface area contributed by atoms with Crippen LogP contribution in [0.2, 0.25) is 5.02 Å². The standard InChI is InChI=1S/C18H24ClN3O2S/c1-13-18(14(2)21(3)20-13)25(23,24)22-11-5-4-6-16(12-22)15-7-9-17(19)10-8-15/h7-10,16H,4-6,11-12H2,1-3H3. The van der Waals surface area contributed by atoms with Crippen LogP contribution in [0.15, 0.2) is 29.2 Å².